The number of carbonyl (C=O) groups excluding carboxylic acids is 1. The van der Waals surface area contributed by atoms with Crippen molar-refractivity contribution in [1.29, 1.82) is 0 Å². The fraction of sp³-hybridized carbons (Fsp3) is 0.346. The third-order valence-electron chi connectivity index (χ3n) is 6.33. The molecular formula is C26H28N2O5. The number of amides is 2. The Morgan fingerprint density at radius 3 is 2.67 bits per heavy atom. The number of furan rings is 1. The summed E-state index contributed by atoms with van der Waals surface area (Å²) in [5.41, 5.74) is 1.96. The van der Waals surface area contributed by atoms with E-state index in [1.807, 2.05) is 42.6 Å². The van der Waals surface area contributed by atoms with Gasteiger partial charge < -0.3 is 23.9 Å². The van der Waals surface area contributed by atoms with Crippen LogP contribution < -0.4 is 19.5 Å². The van der Waals surface area contributed by atoms with Crippen LogP contribution in [0.3, 0.4) is 0 Å². The fourth-order valence-electron chi connectivity index (χ4n) is 4.59. The second-order valence-electron chi connectivity index (χ2n) is 8.41. The number of hydrogen-bond acceptors (Lipinski definition) is 5. The molecule has 1 saturated carbocycles. The Labute approximate surface area is 192 Å². The normalized spacial score (nSPS) is 16.6. The highest BCUT2D eigenvalue weighted by molar-refractivity contribution is 5.91. The highest BCUT2D eigenvalue weighted by Gasteiger charge is 2.24. The fourth-order valence-corrected chi connectivity index (χ4v) is 4.59. The lowest BCUT2D eigenvalue weighted by Gasteiger charge is -2.26. The maximum Gasteiger partial charge on any atom is 0.322 e. The minimum Gasteiger partial charge on any atom is -0.496 e. The molecule has 1 fully saturated rings. The molecule has 1 aliphatic carbocycles. The van der Waals surface area contributed by atoms with Gasteiger partial charge in [-0.25, -0.2) is 4.79 Å². The summed E-state index contributed by atoms with van der Waals surface area (Å²) in [4.78, 5) is 14.3. The number of urea groups is 1. The van der Waals surface area contributed by atoms with E-state index in [0.717, 1.165) is 52.0 Å². The summed E-state index contributed by atoms with van der Waals surface area (Å²) in [6.07, 6.45) is 8.34. The second-order valence-corrected chi connectivity index (χ2v) is 8.41. The molecule has 1 N–H and O–H groups in total. The lowest BCUT2D eigenvalue weighted by molar-refractivity contribution is 0.200. The van der Waals surface area contributed by atoms with Crippen LogP contribution in [0.25, 0.3) is 16.3 Å². The Morgan fingerprint density at radius 2 is 1.88 bits per heavy atom. The van der Waals surface area contributed by atoms with E-state index >= 15 is 0 Å². The minimum absolute atomic E-state index is 0.172. The lowest BCUT2D eigenvalue weighted by atomic mass is 10.0. The van der Waals surface area contributed by atoms with E-state index < -0.39 is 0 Å². The van der Waals surface area contributed by atoms with E-state index in [-0.39, 0.29) is 12.1 Å². The molecule has 5 rings (SSSR count). The Kier molecular flexibility index (Phi) is 5.86. The number of benzene rings is 2. The largest absolute Gasteiger partial charge is 0.496 e. The summed E-state index contributed by atoms with van der Waals surface area (Å²) in [7, 11) is 3.28. The van der Waals surface area contributed by atoms with Crippen LogP contribution in [0.1, 0.15) is 37.0 Å². The average Bonchev–Trinajstić information content (AvgIpc) is 3.50. The van der Waals surface area contributed by atoms with E-state index in [0.29, 0.717) is 18.8 Å². The van der Waals surface area contributed by atoms with Crippen molar-refractivity contribution in [3.63, 3.8) is 0 Å². The van der Waals surface area contributed by atoms with Gasteiger partial charge in [0.1, 0.15) is 11.5 Å². The second kappa shape index (κ2) is 9.10. The number of hydrogen-bond donors (Lipinski definition) is 1. The molecule has 2 heterocycles. The molecule has 0 atom stereocenters. The number of methoxy groups -OCH3 is 2. The minimum atomic E-state index is -0.172. The number of fused-ring (bicyclic) bond motifs is 1. The summed E-state index contributed by atoms with van der Waals surface area (Å²) >= 11 is 0. The van der Waals surface area contributed by atoms with Crippen molar-refractivity contribution in [1.82, 2.24) is 10.2 Å². The third kappa shape index (κ3) is 4.23. The molecule has 33 heavy (non-hydrogen) atoms. The topological polar surface area (TPSA) is 73.2 Å². The van der Waals surface area contributed by atoms with Crippen LogP contribution in [0.15, 0.2) is 53.3 Å². The first kappa shape index (κ1) is 21.2. The molecular weight excluding hydrogens is 420 g/mol. The lowest BCUT2D eigenvalue weighted by Crippen LogP contribution is -2.41. The Morgan fingerprint density at radius 1 is 1.06 bits per heavy atom. The number of nitrogens with zero attached hydrogens (tertiary/aromatic N) is 1. The van der Waals surface area contributed by atoms with Crippen molar-refractivity contribution in [2.24, 2.45) is 0 Å². The number of rotatable bonds is 7. The number of ether oxygens (including phenoxy) is 3. The quantitative estimate of drug-likeness (QED) is 0.528. The van der Waals surface area contributed by atoms with Gasteiger partial charge in [0.05, 0.1) is 38.5 Å². The smallest absolute Gasteiger partial charge is 0.322 e. The standard InChI is InChI=1S/C26H28N2O5/c1-30-21-11-10-17(12-23(21)33-20-7-3-4-8-20)19-13-27-26(29)28(14-19)15-24-25-18(16-32-24)6-5-9-22(25)31-2/h5-6,9-12,14,16,20H,3-4,7-8,13,15H2,1-2H3,(H,27,29). The van der Waals surface area contributed by atoms with Gasteiger partial charge in [0, 0.05) is 18.1 Å². The van der Waals surface area contributed by atoms with E-state index in [2.05, 4.69) is 5.32 Å². The zero-order chi connectivity index (χ0) is 22.8. The van der Waals surface area contributed by atoms with Crippen LogP contribution in [0, 0.1) is 0 Å². The Bertz CT molecular complexity index is 1190. The van der Waals surface area contributed by atoms with Crippen LogP contribution in [0.4, 0.5) is 4.79 Å². The van der Waals surface area contributed by atoms with E-state index in [1.54, 1.807) is 25.4 Å². The molecule has 7 nitrogen and oxygen atoms in total. The zero-order valence-corrected chi connectivity index (χ0v) is 18.9. The molecule has 0 radical (unpaired) electrons. The van der Waals surface area contributed by atoms with Gasteiger partial charge in [0.2, 0.25) is 0 Å². The van der Waals surface area contributed by atoms with Crippen molar-refractivity contribution >= 4 is 22.4 Å². The maximum atomic E-state index is 12.6. The molecule has 2 aliphatic rings. The van der Waals surface area contributed by atoms with Gasteiger partial charge >= 0.3 is 6.03 Å². The third-order valence-corrected chi connectivity index (χ3v) is 6.33. The van der Waals surface area contributed by atoms with Gasteiger partial charge in [-0.05, 0) is 55.0 Å². The van der Waals surface area contributed by atoms with Gasteiger partial charge in [0.25, 0.3) is 0 Å². The molecule has 2 amide bonds. The van der Waals surface area contributed by atoms with E-state index in [4.69, 9.17) is 18.6 Å². The van der Waals surface area contributed by atoms with Crippen molar-refractivity contribution in [3.05, 3.63) is 60.2 Å². The zero-order valence-electron chi connectivity index (χ0n) is 18.9. The van der Waals surface area contributed by atoms with Crippen molar-refractivity contribution in [2.45, 2.75) is 38.3 Å². The number of carbonyl (C=O) groups is 1. The summed E-state index contributed by atoms with van der Waals surface area (Å²) in [5.74, 6) is 2.86. The van der Waals surface area contributed by atoms with Crippen LogP contribution in [0.2, 0.25) is 0 Å². The van der Waals surface area contributed by atoms with Gasteiger partial charge in [0.15, 0.2) is 11.5 Å². The van der Waals surface area contributed by atoms with Gasteiger partial charge in [-0.3, -0.25) is 4.90 Å². The molecule has 0 bridgehead atoms. The van der Waals surface area contributed by atoms with Crippen molar-refractivity contribution in [3.8, 4) is 17.2 Å². The molecule has 172 valence electrons. The molecule has 2 aromatic carbocycles. The summed E-state index contributed by atoms with van der Waals surface area (Å²) < 4.78 is 23.1. The summed E-state index contributed by atoms with van der Waals surface area (Å²) in [6.45, 7) is 0.730. The summed E-state index contributed by atoms with van der Waals surface area (Å²) in [6, 6.07) is 11.5. The molecule has 0 saturated heterocycles. The molecule has 3 aromatic rings. The van der Waals surface area contributed by atoms with Crippen LogP contribution in [-0.4, -0.2) is 37.8 Å². The van der Waals surface area contributed by atoms with Crippen molar-refractivity contribution in [2.75, 3.05) is 20.8 Å². The first-order chi connectivity index (χ1) is 16.2. The first-order valence-corrected chi connectivity index (χ1v) is 11.3. The van der Waals surface area contributed by atoms with Crippen LogP contribution in [0.5, 0.6) is 17.2 Å². The highest BCUT2D eigenvalue weighted by atomic mass is 16.5. The summed E-state index contributed by atoms with van der Waals surface area (Å²) in [5, 5.41) is 4.78. The number of nitrogens with one attached hydrogen (secondary N) is 1. The van der Waals surface area contributed by atoms with Crippen molar-refractivity contribution < 1.29 is 23.4 Å². The Hall–Kier alpha value is -3.61. The maximum absolute atomic E-state index is 12.6. The SMILES string of the molecule is COc1ccc(C2=CN(Cc3occ4cccc(OC)c34)C(=O)NC2)cc1OC1CCCC1. The average molecular weight is 449 g/mol. The Balaban J connectivity index is 1.43. The molecule has 1 aliphatic heterocycles. The van der Waals surface area contributed by atoms with Gasteiger partial charge in [-0.1, -0.05) is 18.2 Å². The molecule has 1 aromatic heterocycles. The predicted octanol–water partition coefficient (Wildman–Crippen LogP) is 5.34. The van der Waals surface area contributed by atoms with Crippen LogP contribution in [-0.2, 0) is 6.54 Å². The van der Waals surface area contributed by atoms with Gasteiger partial charge in [-0.15, -0.1) is 0 Å². The molecule has 7 heteroatoms. The van der Waals surface area contributed by atoms with Gasteiger partial charge in [-0.2, -0.15) is 0 Å². The molecule has 0 spiro atoms. The van der Waals surface area contributed by atoms with E-state index in [9.17, 15) is 4.79 Å². The molecule has 0 unspecified atom stereocenters. The predicted molar refractivity (Wildman–Crippen MR) is 126 cm³/mol. The van der Waals surface area contributed by atoms with E-state index in [1.165, 1.54) is 12.8 Å². The first-order valence-electron chi connectivity index (χ1n) is 11.3. The monoisotopic (exact) mass is 448 g/mol. The van der Waals surface area contributed by atoms with Crippen LogP contribution >= 0.6 is 0 Å². The highest BCUT2D eigenvalue weighted by Crippen LogP contribution is 2.35.